The van der Waals surface area contributed by atoms with Gasteiger partial charge in [0.15, 0.2) is 6.10 Å². The number of nitrogens with one attached hydrogen (secondary N) is 1. The summed E-state index contributed by atoms with van der Waals surface area (Å²) in [6.45, 7) is 1.47. The summed E-state index contributed by atoms with van der Waals surface area (Å²) in [6.07, 6.45) is -1.02. The minimum atomic E-state index is -1.02. The molecule has 0 aliphatic carbocycles. The molecule has 128 valence electrons. The van der Waals surface area contributed by atoms with E-state index in [1.165, 1.54) is 26.2 Å². The largest absolute Gasteiger partial charge is 0.497 e. The number of carbonyl (C=O) groups excluding carboxylic acids is 2. The molecular formula is C18H15BrN2O4. The number of rotatable bonds is 5. The third-order valence-electron chi connectivity index (χ3n) is 3.31. The van der Waals surface area contributed by atoms with Crippen LogP contribution in [0.4, 0.5) is 5.69 Å². The van der Waals surface area contributed by atoms with Gasteiger partial charge in [-0.3, -0.25) is 4.79 Å². The quantitative estimate of drug-likeness (QED) is 0.772. The Morgan fingerprint density at radius 2 is 2.00 bits per heavy atom. The first-order valence-electron chi connectivity index (χ1n) is 7.30. The molecule has 0 spiro atoms. The molecule has 1 N–H and O–H groups in total. The first-order valence-corrected chi connectivity index (χ1v) is 8.09. The van der Waals surface area contributed by atoms with Crippen molar-refractivity contribution in [3.05, 3.63) is 58.1 Å². The molecule has 1 amide bonds. The Morgan fingerprint density at radius 3 is 2.68 bits per heavy atom. The number of halogens is 1. The van der Waals surface area contributed by atoms with Gasteiger partial charge in [-0.05, 0) is 59.3 Å². The van der Waals surface area contributed by atoms with Crippen molar-refractivity contribution in [3.63, 3.8) is 0 Å². The number of benzene rings is 2. The van der Waals surface area contributed by atoms with Gasteiger partial charge in [0, 0.05) is 10.2 Å². The number of methoxy groups -OCH3 is 1. The van der Waals surface area contributed by atoms with E-state index < -0.39 is 18.0 Å². The van der Waals surface area contributed by atoms with Gasteiger partial charge in [0.25, 0.3) is 5.91 Å². The monoisotopic (exact) mass is 402 g/mol. The lowest BCUT2D eigenvalue weighted by Crippen LogP contribution is -2.30. The van der Waals surface area contributed by atoms with Gasteiger partial charge in [0.05, 0.1) is 24.3 Å². The highest BCUT2D eigenvalue weighted by Gasteiger charge is 2.21. The van der Waals surface area contributed by atoms with E-state index in [1.54, 1.807) is 30.3 Å². The molecule has 2 rings (SSSR count). The minimum absolute atomic E-state index is 0.255. The molecule has 0 unspecified atom stereocenters. The van der Waals surface area contributed by atoms with Crippen LogP contribution in [0.5, 0.6) is 5.75 Å². The molecular weight excluding hydrogens is 388 g/mol. The maximum atomic E-state index is 12.3. The molecule has 0 aromatic heterocycles. The van der Waals surface area contributed by atoms with E-state index in [1.807, 2.05) is 6.07 Å². The summed E-state index contributed by atoms with van der Waals surface area (Å²) in [5.74, 6) is -0.651. The number of carbonyl (C=O) groups is 2. The lowest BCUT2D eigenvalue weighted by atomic mass is 10.2. The number of amides is 1. The van der Waals surface area contributed by atoms with E-state index >= 15 is 0 Å². The fourth-order valence-corrected chi connectivity index (χ4v) is 2.38. The van der Waals surface area contributed by atoms with Gasteiger partial charge in [0.2, 0.25) is 0 Å². The minimum Gasteiger partial charge on any atom is -0.497 e. The van der Waals surface area contributed by atoms with Crippen LogP contribution >= 0.6 is 15.9 Å². The Bertz CT molecular complexity index is 845. The van der Waals surface area contributed by atoms with E-state index in [2.05, 4.69) is 21.2 Å². The smallest absolute Gasteiger partial charge is 0.340 e. The average molecular weight is 403 g/mol. The van der Waals surface area contributed by atoms with Crippen molar-refractivity contribution in [2.45, 2.75) is 13.0 Å². The van der Waals surface area contributed by atoms with Crippen molar-refractivity contribution < 1.29 is 19.1 Å². The number of hydrogen-bond donors (Lipinski definition) is 1. The van der Waals surface area contributed by atoms with Crippen LogP contribution in [0.2, 0.25) is 0 Å². The topological polar surface area (TPSA) is 88.4 Å². The summed E-state index contributed by atoms with van der Waals surface area (Å²) in [4.78, 5) is 24.4. The second-order valence-corrected chi connectivity index (χ2v) is 5.93. The molecule has 0 bridgehead atoms. The molecule has 0 radical (unpaired) electrons. The Labute approximate surface area is 153 Å². The van der Waals surface area contributed by atoms with Gasteiger partial charge in [-0.2, -0.15) is 5.26 Å². The number of anilines is 1. The van der Waals surface area contributed by atoms with Gasteiger partial charge in [-0.1, -0.05) is 6.07 Å². The summed E-state index contributed by atoms with van der Waals surface area (Å²) in [7, 11) is 1.49. The average Bonchev–Trinajstić information content (AvgIpc) is 2.62. The van der Waals surface area contributed by atoms with Crippen LogP contribution in [-0.4, -0.2) is 25.1 Å². The highest BCUT2D eigenvalue weighted by Crippen LogP contribution is 2.23. The first kappa shape index (κ1) is 18.5. The van der Waals surface area contributed by atoms with E-state index in [0.717, 1.165) is 0 Å². The van der Waals surface area contributed by atoms with E-state index in [-0.39, 0.29) is 5.56 Å². The summed E-state index contributed by atoms with van der Waals surface area (Å²) in [6, 6.07) is 13.3. The summed E-state index contributed by atoms with van der Waals surface area (Å²) in [5.41, 5.74) is 1.13. The van der Waals surface area contributed by atoms with Crippen LogP contribution in [-0.2, 0) is 9.53 Å². The molecule has 0 aliphatic rings. The number of nitrogens with zero attached hydrogens (tertiary/aromatic N) is 1. The van der Waals surface area contributed by atoms with Gasteiger partial charge in [-0.15, -0.1) is 0 Å². The number of esters is 1. The molecule has 7 heteroatoms. The Kier molecular flexibility index (Phi) is 6.14. The molecule has 2 aromatic carbocycles. The molecule has 1 atom stereocenters. The van der Waals surface area contributed by atoms with Crippen molar-refractivity contribution >= 4 is 33.5 Å². The van der Waals surface area contributed by atoms with Crippen LogP contribution in [0.1, 0.15) is 22.8 Å². The van der Waals surface area contributed by atoms with E-state index in [9.17, 15) is 9.59 Å². The van der Waals surface area contributed by atoms with Crippen LogP contribution < -0.4 is 10.1 Å². The van der Waals surface area contributed by atoms with Crippen molar-refractivity contribution in [2.75, 3.05) is 12.4 Å². The predicted octanol–water partition coefficient (Wildman–Crippen LogP) is 3.51. The van der Waals surface area contributed by atoms with Crippen molar-refractivity contribution in [1.29, 1.82) is 5.26 Å². The fraction of sp³-hybridized carbons (Fsp3) is 0.167. The third-order valence-corrected chi connectivity index (χ3v) is 4.00. The van der Waals surface area contributed by atoms with E-state index in [0.29, 0.717) is 21.5 Å². The number of hydrogen-bond acceptors (Lipinski definition) is 5. The van der Waals surface area contributed by atoms with Crippen molar-refractivity contribution in [1.82, 2.24) is 0 Å². The molecule has 0 saturated carbocycles. The lowest BCUT2D eigenvalue weighted by molar-refractivity contribution is -0.123. The van der Waals surface area contributed by atoms with E-state index in [4.69, 9.17) is 14.7 Å². The molecule has 0 heterocycles. The number of ether oxygens (including phenoxy) is 2. The van der Waals surface area contributed by atoms with Crippen molar-refractivity contribution in [3.8, 4) is 11.8 Å². The summed E-state index contributed by atoms with van der Waals surface area (Å²) < 4.78 is 10.8. The SMILES string of the molecule is COc1ccc(Br)c(C(=O)O[C@@H](C)C(=O)Nc2cccc(C#N)c2)c1. The van der Waals surface area contributed by atoms with Gasteiger partial charge < -0.3 is 14.8 Å². The Balaban J connectivity index is 2.05. The molecule has 0 saturated heterocycles. The molecule has 2 aromatic rings. The summed E-state index contributed by atoms with van der Waals surface area (Å²) in [5, 5.41) is 11.5. The normalized spacial score (nSPS) is 11.1. The lowest BCUT2D eigenvalue weighted by Gasteiger charge is -2.14. The van der Waals surface area contributed by atoms with Crippen LogP contribution in [0.25, 0.3) is 0 Å². The second-order valence-electron chi connectivity index (χ2n) is 5.08. The molecule has 0 fully saturated rings. The van der Waals surface area contributed by atoms with Gasteiger partial charge in [-0.25, -0.2) is 4.79 Å². The zero-order chi connectivity index (χ0) is 18.4. The maximum absolute atomic E-state index is 12.3. The third kappa shape index (κ3) is 4.81. The van der Waals surface area contributed by atoms with Crippen LogP contribution in [0, 0.1) is 11.3 Å². The highest BCUT2D eigenvalue weighted by atomic mass is 79.9. The Hall–Kier alpha value is -2.85. The van der Waals surface area contributed by atoms with Gasteiger partial charge >= 0.3 is 5.97 Å². The summed E-state index contributed by atoms with van der Waals surface area (Å²) >= 11 is 3.27. The fourth-order valence-electron chi connectivity index (χ4n) is 1.98. The van der Waals surface area contributed by atoms with Crippen LogP contribution in [0.3, 0.4) is 0 Å². The second kappa shape index (κ2) is 8.31. The van der Waals surface area contributed by atoms with Crippen molar-refractivity contribution in [2.24, 2.45) is 0 Å². The highest BCUT2D eigenvalue weighted by molar-refractivity contribution is 9.10. The molecule has 0 aliphatic heterocycles. The Morgan fingerprint density at radius 1 is 1.24 bits per heavy atom. The van der Waals surface area contributed by atoms with Gasteiger partial charge in [0.1, 0.15) is 5.75 Å². The standard InChI is InChI=1S/C18H15BrN2O4/c1-11(17(22)21-13-5-3-4-12(8-13)10-20)25-18(23)15-9-14(24-2)6-7-16(15)19/h3-9,11H,1-2H3,(H,21,22)/t11-/m0/s1. The first-order chi connectivity index (χ1) is 11.9. The maximum Gasteiger partial charge on any atom is 0.340 e. The zero-order valence-electron chi connectivity index (χ0n) is 13.6. The van der Waals surface area contributed by atoms with Crippen LogP contribution in [0.15, 0.2) is 46.9 Å². The predicted molar refractivity (Wildman–Crippen MR) is 95.4 cm³/mol. The zero-order valence-corrected chi connectivity index (χ0v) is 15.2. The molecule has 6 nitrogen and oxygen atoms in total. The molecule has 25 heavy (non-hydrogen) atoms. The number of nitriles is 1.